The van der Waals surface area contributed by atoms with Crippen molar-refractivity contribution in [2.24, 2.45) is 5.92 Å². The van der Waals surface area contributed by atoms with Crippen LogP contribution in [0.3, 0.4) is 0 Å². The molecule has 1 heterocycles. The number of aryl methyl sites for hydroxylation is 2. The Balaban J connectivity index is 1.38. The fourth-order valence-corrected chi connectivity index (χ4v) is 6.47. The average Bonchev–Trinajstić information content (AvgIpc) is 2.80. The minimum absolute atomic E-state index is 0.0680. The van der Waals surface area contributed by atoms with Gasteiger partial charge in [0.2, 0.25) is 15.9 Å². The lowest BCUT2D eigenvalue weighted by Gasteiger charge is -2.32. The Labute approximate surface area is 196 Å². The molecule has 172 valence electrons. The van der Waals surface area contributed by atoms with Crippen molar-refractivity contribution >= 4 is 27.5 Å². The molecule has 2 aromatic rings. The lowest BCUT2D eigenvalue weighted by Crippen LogP contribution is -2.46. The van der Waals surface area contributed by atoms with Gasteiger partial charge in [-0.2, -0.15) is 0 Å². The molecule has 0 aromatic heterocycles. The summed E-state index contributed by atoms with van der Waals surface area (Å²) in [6.45, 7) is 2.69. The molecule has 0 spiro atoms. The predicted octanol–water partition coefficient (Wildman–Crippen LogP) is 4.64. The number of piperidine rings is 1. The van der Waals surface area contributed by atoms with Crippen LogP contribution in [0.5, 0.6) is 0 Å². The molecule has 7 heteroatoms. The monoisotopic (exact) mass is 474 g/mol. The van der Waals surface area contributed by atoms with Gasteiger partial charge in [0, 0.05) is 18.1 Å². The third-order valence-corrected chi connectivity index (χ3v) is 8.71. The number of amides is 1. The van der Waals surface area contributed by atoms with Gasteiger partial charge in [0.15, 0.2) is 0 Å². The number of carbonyl (C=O) groups excluding carboxylic acids is 1. The highest BCUT2D eigenvalue weighted by atomic mass is 35.5. The first-order valence-corrected chi connectivity index (χ1v) is 13.4. The number of nitrogens with zero attached hydrogens (tertiary/aromatic N) is 1. The van der Waals surface area contributed by atoms with Gasteiger partial charge in [0.1, 0.15) is 0 Å². The molecule has 32 heavy (non-hydrogen) atoms. The fraction of sp³-hybridized carbons (Fsp3) is 0.480. The molecular formula is C25H31ClN2O3S. The standard InChI is InChI=1S/C25H31ClN2O3S/c1-18(21-11-10-20-5-2-3-6-22(20)15-21)27-25(29)23-7-4-14-28(16-23)32(30,31)17-19-8-12-24(26)13-9-19/h8-13,15,18,23H,2-7,14,16-17H2,1H3,(H,27,29)/t18-,23+/m1/s1. The summed E-state index contributed by atoms with van der Waals surface area (Å²) in [5, 5.41) is 3.70. The number of carbonyl (C=O) groups is 1. The van der Waals surface area contributed by atoms with Crippen molar-refractivity contribution in [1.82, 2.24) is 9.62 Å². The van der Waals surface area contributed by atoms with E-state index in [1.807, 2.05) is 6.92 Å². The SMILES string of the molecule is C[C@@H](NC(=O)[C@H]1CCCN(S(=O)(=O)Cc2ccc(Cl)cc2)C1)c1ccc2c(c1)CCCC2. The number of hydrogen-bond donors (Lipinski definition) is 1. The highest BCUT2D eigenvalue weighted by molar-refractivity contribution is 7.88. The third-order valence-electron chi connectivity index (χ3n) is 6.64. The normalized spacial score (nSPS) is 20.4. The summed E-state index contributed by atoms with van der Waals surface area (Å²) in [5.41, 5.74) is 4.63. The van der Waals surface area contributed by atoms with E-state index < -0.39 is 10.0 Å². The van der Waals surface area contributed by atoms with Gasteiger partial charge in [-0.05, 0) is 79.8 Å². The van der Waals surface area contributed by atoms with Gasteiger partial charge in [0.25, 0.3) is 0 Å². The second kappa shape index (κ2) is 9.94. The number of nitrogens with one attached hydrogen (secondary N) is 1. The van der Waals surface area contributed by atoms with Gasteiger partial charge in [-0.25, -0.2) is 12.7 Å². The summed E-state index contributed by atoms with van der Waals surface area (Å²) in [5.74, 6) is -0.477. The van der Waals surface area contributed by atoms with Crippen LogP contribution in [-0.2, 0) is 33.4 Å². The number of rotatable bonds is 6. The maximum Gasteiger partial charge on any atom is 0.224 e. The Morgan fingerprint density at radius 1 is 1.09 bits per heavy atom. The number of hydrogen-bond acceptors (Lipinski definition) is 3. The number of halogens is 1. The molecule has 0 bridgehead atoms. The van der Waals surface area contributed by atoms with E-state index in [1.54, 1.807) is 24.3 Å². The van der Waals surface area contributed by atoms with E-state index in [0.717, 1.165) is 18.4 Å². The molecule has 2 aliphatic rings. The van der Waals surface area contributed by atoms with Gasteiger partial charge >= 0.3 is 0 Å². The van der Waals surface area contributed by atoms with E-state index in [-0.39, 0.29) is 30.2 Å². The summed E-state index contributed by atoms with van der Waals surface area (Å²) in [6, 6.07) is 13.3. The molecule has 1 aliphatic heterocycles. The molecule has 2 atom stereocenters. The summed E-state index contributed by atoms with van der Waals surface area (Å²) < 4.78 is 27.4. The highest BCUT2D eigenvalue weighted by Gasteiger charge is 2.33. The van der Waals surface area contributed by atoms with E-state index in [9.17, 15) is 13.2 Å². The zero-order valence-corrected chi connectivity index (χ0v) is 20.1. The van der Waals surface area contributed by atoms with Crippen molar-refractivity contribution in [2.45, 2.75) is 57.2 Å². The second-order valence-corrected chi connectivity index (χ2v) is 11.5. The van der Waals surface area contributed by atoms with Crippen molar-refractivity contribution in [1.29, 1.82) is 0 Å². The molecule has 1 N–H and O–H groups in total. The molecule has 1 amide bonds. The molecule has 4 rings (SSSR count). The Hall–Kier alpha value is -1.89. The molecule has 0 unspecified atom stereocenters. The Morgan fingerprint density at radius 2 is 1.81 bits per heavy atom. The van der Waals surface area contributed by atoms with Crippen LogP contribution in [0.1, 0.15) is 60.9 Å². The van der Waals surface area contributed by atoms with Crippen LogP contribution < -0.4 is 5.32 Å². The first kappa shape index (κ1) is 23.3. The van der Waals surface area contributed by atoms with Crippen LogP contribution in [-0.4, -0.2) is 31.7 Å². The van der Waals surface area contributed by atoms with Gasteiger partial charge < -0.3 is 5.32 Å². The van der Waals surface area contributed by atoms with E-state index in [1.165, 1.54) is 28.3 Å². The van der Waals surface area contributed by atoms with Crippen molar-refractivity contribution in [3.05, 3.63) is 69.7 Å². The van der Waals surface area contributed by atoms with Crippen LogP contribution in [0, 0.1) is 5.92 Å². The van der Waals surface area contributed by atoms with Crippen LogP contribution in [0.2, 0.25) is 5.02 Å². The molecule has 1 fully saturated rings. The summed E-state index contributed by atoms with van der Waals surface area (Å²) in [6.07, 6.45) is 6.10. The molecule has 5 nitrogen and oxygen atoms in total. The summed E-state index contributed by atoms with van der Waals surface area (Å²) in [4.78, 5) is 13.0. The van der Waals surface area contributed by atoms with E-state index in [2.05, 4.69) is 23.5 Å². The highest BCUT2D eigenvalue weighted by Crippen LogP contribution is 2.26. The Bertz CT molecular complexity index is 1070. The lowest BCUT2D eigenvalue weighted by atomic mass is 9.89. The minimum Gasteiger partial charge on any atom is -0.349 e. The predicted molar refractivity (Wildman–Crippen MR) is 128 cm³/mol. The zero-order valence-electron chi connectivity index (χ0n) is 18.5. The van der Waals surface area contributed by atoms with Crippen molar-refractivity contribution < 1.29 is 13.2 Å². The average molecular weight is 475 g/mol. The van der Waals surface area contributed by atoms with Crippen LogP contribution >= 0.6 is 11.6 Å². The largest absolute Gasteiger partial charge is 0.349 e. The topological polar surface area (TPSA) is 66.5 Å². The third kappa shape index (κ3) is 5.53. The second-order valence-electron chi connectivity index (χ2n) is 9.05. The number of benzene rings is 2. The Kier molecular flexibility index (Phi) is 7.23. The van der Waals surface area contributed by atoms with Crippen molar-refractivity contribution in [2.75, 3.05) is 13.1 Å². The smallest absolute Gasteiger partial charge is 0.224 e. The van der Waals surface area contributed by atoms with E-state index >= 15 is 0 Å². The van der Waals surface area contributed by atoms with Gasteiger partial charge in [-0.15, -0.1) is 0 Å². The lowest BCUT2D eigenvalue weighted by molar-refractivity contribution is -0.126. The molecule has 1 saturated heterocycles. The van der Waals surface area contributed by atoms with Crippen molar-refractivity contribution in [3.63, 3.8) is 0 Å². The molecular weight excluding hydrogens is 444 g/mol. The maximum atomic E-state index is 13.0. The molecule has 0 radical (unpaired) electrons. The summed E-state index contributed by atoms with van der Waals surface area (Å²) in [7, 11) is -3.50. The maximum absolute atomic E-state index is 13.0. The first-order valence-electron chi connectivity index (χ1n) is 11.5. The molecule has 0 saturated carbocycles. The van der Waals surface area contributed by atoms with Gasteiger partial charge in [-0.1, -0.05) is 41.9 Å². The Morgan fingerprint density at radius 3 is 2.56 bits per heavy atom. The minimum atomic E-state index is -3.50. The summed E-state index contributed by atoms with van der Waals surface area (Å²) >= 11 is 5.90. The van der Waals surface area contributed by atoms with Gasteiger partial charge in [0.05, 0.1) is 17.7 Å². The number of sulfonamides is 1. The zero-order chi connectivity index (χ0) is 22.7. The number of fused-ring (bicyclic) bond motifs is 1. The fourth-order valence-electron chi connectivity index (χ4n) is 4.73. The quantitative estimate of drug-likeness (QED) is 0.663. The molecule has 2 aromatic carbocycles. The van der Waals surface area contributed by atoms with Crippen molar-refractivity contribution in [3.8, 4) is 0 Å². The van der Waals surface area contributed by atoms with E-state index in [0.29, 0.717) is 30.0 Å². The first-order chi connectivity index (χ1) is 15.3. The van der Waals surface area contributed by atoms with Gasteiger partial charge in [-0.3, -0.25) is 4.79 Å². The van der Waals surface area contributed by atoms with Crippen LogP contribution in [0.15, 0.2) is 42.5 Å². The van der Waals surface area contributed by atoms with Crippen LogP contribution in [0.25, 0.3) is 0 Å². The molecule has 1 aliphatic carbocycles. The van der Waals surface area contributed by atoms with Crippen LogP contribution in [0.4, 0.5) is 0 Å². The van der Waals surface area contributed by atoms with E-state index in [4.69, 9.17) is 11.6 Å².